The van der Waals surface area contributed by atoms with Crippen molar-refractivity contribution in [2.24, 2.45) is 16.6 Å². The van der Waals surface area contributed by atoms with Crippen LogP contribution in [0.15, 0.2) is 47.2 Å². The summed E-state index contributed by atoms with van der Waals surface area (Å²) in [6.07, 6.45) is 5.97. The van der Waals surface area contributed by atoms with Crippen LogP contribution < -0.4 is 21.1 Å². The van der Waals surface area contributed by atoms with Gasteiger partial charge in [0.2, 0.25) is 5.84 Å². The Bertz CT molecular complexity index is 1180. The monoisotopic (exact) mass is 465 g/mol. The highest BCUT2D eigenvalue weighted by Crippen LogP contribution is 2.41. The molecule has 0 aliphatic carbocycles. The maximum absolute atomic E-state index is 6.48. The highest BCUT2D eigenvalue weighted by atomic mass is 32.1. The number of rotatable bonds is 6. The van der Waals surface area contributed by atoms with Gasteiger partial charge in [-0.2, -0.15) is 4.99 Å². The van der Waals surface area contributed by atoms with Gasteiger partial charge in [0.25, 0.3) is 5.95 Å². The molecule has 1 aliphatic heterocycles. The van der Waals surface area contributed by atoms with Gasteiger partial charge in [-0.25, -0.2) is 9.97 Å². The van der Waals surface area contributed by atoms with E-state index in [-0.39, 0.29) is 0 Å². The summed E-state index contributed by atoms with van der Waals surface area (Å²) in [5, 5.41) is 5.50. The van der Waals surface area contributed by atoms with Gasteiger partial charge in [-0.05, 0) is 52.8 Å². The Kier molecular flexibility index (Phi) is 7.37. The molecule has 1 aliphatic rings. The van der Waals surface area contributed by atoms with Gasteiger partial charge in [0.1, 0.15) is 5.75 Å². The summed E-state index contributed by atoms with van der Waals surface area (Å²) in [7, 11) is 1.70. The van der Waals surface area contributed by atoms with Crippen molar-refractivity contribution in [3.8, 4) is 16.9 Å². The van der Waals surface area contributed by atoms with Crippen molar-refractivity contribution < 1.29 is 10.1 Å². The number of ether oxygens (including phenoxy) is 1. The first kappa shape index (κ1) is 23.4. The van der Waals surface area contributed by atoms with Gasteiger partial charge in [-0.15, -0.1) is 11.3 Å². The Morgan fingerprint density at radius 2 is 2.06 bits per heavy atom. The van der Waals surface area contributed by atoms with Gasteiger partial charge < -0.3 is 15.8 Å². The third-order valence-corrected chi connectivity index (χ3v) is 6.86. The molecular formula is C25H33N6OS+. The first-order chi connectivity index (χ1) is 16.0. The van der Waals surface area contributed by atoms with Crippen LogP contribution in [-0.4, -0.2) is 42.0 Å². The molecule has 0 amide bonds. The first-order valence-electron chi connectivity index (χ1n) is 11.5. The number of hydrogen-bond donors (Lipinski definition) is 3. The van der Waals surface area contributed by atoms with E-state index in [1.54, 1.807) is 18.4 Å². The molecule has 0 unspecified atom stereocenters. The fourth-order valence-electron chi connectivity index (χ4n) is 4.24. The number of aryl methyl sites for hydroxylation is 1. The van der Waals surface area contributed by atoms with Crippen LogP contribution in [0.5, 0.6) is 5.75 Å². The average molecular weight is 466 g/mol. The Morgan fingerprint density at radius 1 is 1.30 bits per heavy atom. The van der Waals surface area contributed by atoms with E-state index in [1.165, 1.54) is 4.88 Å². The maximum Gasteiger partial charge on any atom is 0.255 e. The van der Waals surface area contributed by atoms with Crippen molar-refractivity contribution in [1.82, 2.24) is 15.3 Å². The zero-order valence-corrected chi connectivity index (χ0v) is 20.6. The lowest BCUT2D eigenvalue weighted by Gasteiger charge is -2.22. The molecule has 7 nitrogen and oxygen atoms in total. The third-order valence-electron chi connectivity index (χ3n) is 5.83. The minimum Gasteiger partial charge on any atom is -0.496 e. The number of methoxy groups -OCH3 is 1. The molecule has 3 heterocycles. The van der Waals surface area contributed by atoms with Crippen LogP contribution in [0.25, 0.3) is 21.3 Å². The highest BCUT2D eigenvalue weighted by Gasteiger charge is 2.19. The summed E-state index contributed by atoms with van der Waals surface area (Å²) in [4.78, 5) is 15.4. The second-order valence-corrected chi connectivity index (χ2v) is 9.99. The average Bonchev–Trinajstić information content (AvgIpc) is 3.14. The van der Waals surface area contributed by atoms with Crippen molar-refractivity contribution >= 4 is 33.3 Å². The fourth-order valence-corrected chi connectivity index (χ4v) is 5.23. The molecule has 33 heavy (non-hydrogen) atoms. The van der Waals surface area contributed by atoms with Crippen molar-refractivity contribution in [3.63, 3.8) is 0 Å². The zero-order chi connectivity index (χ0) is 23.4. The summed E-state index contributed by atoms with van der Waals surface area (Å²) >= 11 is 1.69. The minimum atomic E-state index is 0.331. The number of fused-ring (bicyclic) bond motifs is 1. The number of amidine groups is 1. The van der Waals surface area contributed by atoms with Gasteiger partial charge >= 0.3 is 0 Å². The number of para-hydroxylation sites is 1. The minimum absolute atomic E-state index is 0.331. The van der Waals surface area contributed by atoms with Crippen LogP contribution in [-0.2, 0) is 0 Å². The quantitative estimate of drug-likeness (QED) is 0.382. The van der Waals surface area contributed by atoms with Crippen LogP contribution in [0.3, 0.4) is 0 Å². The van der Waals surface area contributed by atoms with Gasteiger partial charge in [0.15, 0.2) is 0 Å². The molecule has 2 aromatic heterocycles. The number of benzene rings is 1. The van der Waals surface area contributed by atoms with Crippen LogP contribution in [0, 0.1) is 12.8 Å². The maximum atomic E-state index is 6.48. The molecule has 0 saturated carbocycles. The Hall–Kier alpha value is -2.81. The number of quaternary nitrogens is 1. The molecule has 0 radical (unpaired) electrons. The number of aromatic nitrogens is 2. The number of nitrogens with zero attached hydrogens (tertiary/aromatic N) is 3. The third kappa shape index (κ3) is 5.40. The summed E-state index contributed by atoms with van der Waals surface area (Å²) in [5.41, 5.74) is 10.4. The van der Waals surface area contributed by atoms with E-state index < -0.39 is 0 Å². The summed E-state index contributed by atoms with van der Waals surface area (Å²) < 4.78 is 6.65. The van der Waals surface area contributed by atoms with E-state index >= 15 is 0 Å². The second-order valence-electron chi connectivity index (χ2n) is 8.73. The molecule has 8 heteroatoms. The molecule has 1 fully saturated rings. The van der Waals surface area contributed by atoms with Gasteiger partial charge in [0.05, 0.1) is 29.6 Å². The van der Waals surface area contributed by atoms with E-state index in [9.17, 15) is 0 Å². The molecule has 0 spiro atoms. The predicted octanol–water partition coefficient (Wildman–Crippen LogP) is 3.52. The Labute approximate surface area is 199 Å². The number of aliphatic imine (C=N–C) groups is 1. The summed E-state index contributed by atoms with van der Waals surface area (Å²) in [5.74, 6) is 2.47. The lowest BCUT2D eigenvalue weighted by molar-refractivity contribution is -0.571. The van der Waals surface area contributed by atoms with E-state index in [4.69, 9.17) is 20.4 Å². The summed E-state index contributed by atoms with van der Waals surface area (Å²) in [6.45, 7) is 8.38. The van der Waals surface area contributed by atoms with Crippen molar-refractivity contribution in [2.45, 2.75) is 39.7 Å². The number of nitrogens with two attached hydrogens (primary N) is 2. The highest BCUT2D eigenvalue weighted by molar-refractivity contribution is 7.19. The lowest BCUT2D eigenvalue weighted by Crippen LogP contribution is -2.91. The number of hydrogen-bond acceptors (Lipinski definition) is 7. The first-order valence-corrected chi connectivity index (χ1v) is 12.3. The molecule has 1 saturated heterocycles. The molecule has 5 N–H and O–H groups in total. The molecule has 4 rings (SSSR count). The van der Waals surface area contributed by atoms with E-state index in [2.05, 4.69) is 42.5 Å². The fraction of sp³-hybridized carbons (Fsp3) is 0.400. The molecule has 0 bridgehead atoms. The Balaban J connectivity index is 1.75. The van der Waals surface area contributed by atoms with Crippen LogP contribution in [0.4, 0.5) is 5.95 Å². The molecule has 1 aromatic carbocycles. The predicted molar refractivity (Wildman–Crippen MR) is 136 cm³/mol. The van der Waals surface area contributed by atoms with Gasteiger partial charge in [-0.1, -0.05) is 18.2 Å². The normalized spacial score (nSPS) is 16.0. The number of allylic oxidation sites excluding steroid dienone is 1. The van der Waals surface area contributed by atoms with E-state index in [0.29, 0.717) is 17.9 Å². The van der Waals surface area contributed by atoms with Crippen LogP contribution >= 0.6 is 11.3 Å². The zero-order valence-electron chi connectivity index (χ0n) is 19.8. The molecule has 0 atom stereocenters. The SMILES string of the molecule is COc1ccccc1-c1c(C)sc2cnc(N=C(C=C(N)C3CCNCC3)[NH2+]C(C)C)nc12. The summed E-state index contributed by atoms with van der Waals surface area (Å²) in [6, 6.07) is 8.37. The number of nitrogens with one attached hydrogen (secondary N) is 1. The molecule has 3 aromatic rings. The Morgan fingerprint density at radius 3 is 2.79 bits per heavy atom. The smallest absolute Gasteiger partial charge is 0.255 e. The molecular weight excluding hydrogens is 432 g/mol. The van der Waals surface area contributed by atoms with E-state index in [0.717, 1.165) is 64.6 Å². The number of thiophene rings is 1. The van der Waals surface area contributed by atoms with Gasteiger partial charge in [-0.3, -0.25) is 5.32 Å². The topological polar surface area (TPSA) is 102 Å². The number of piperidine rings is 1. The van der Waals surface area contributed by atoms with Crippen LogP contribution in [0.2, 0.25) is 0 Å². The lowest BCUT2D eigenvalue weighted by atomic mass is 9.94. The van der Waals surface area contributed by atoms with E-state index in [1.807, 2.05) is 30.5 Å². The van der Waals surface area contributed by atoms with Gasteiger partial charge in [0, 0.05) is 33.7 Å². The van der Waals surface area contributed by atoms with Crippen LogP contribution in [0.1, 0.15) is 31.6 Å². The standard InChI is InChI=1S/C25H32N6OS/c1-15(2)29-22(13-19(26)17-9-11-27-12-10-17)30-25-28-14-21-24(31-25)23(16(3)33-21)18-7-5-6-8-20(18)32-4/h5-8,13-15,17,27H,9-12,26H2,1-4H3,(H,28,29,30,31)/p+1. The van der Waals surface area contributed by atoms with Crippen molar-refractivity contribution in [2.75, 3.05) is 20.2 Å². The van der Waals surface area contributed by atoms with Crippen molar-refractivity contribution in [3.05, 3.63) is 47.1 Å². The largest absolute Gasteiger partial charge is 0.496 e. The molecule has 174 valence electrons. The second kappa shape index (κ2) is 10.4. The van der Waals surface area contributed by atoms with Crippen molar-refractivity contribution in [1.29, 1.82) is 0 Å².